The Labute approximate surface area is 100 Å². The molecule has 0 aromatic carbocycles. The van der Waals surface area contributed by atoms with Gasteiger partial charge >= 0.3 is 0 Å². The van der Waals surface area contributed by atoms with Crippen molar-refractivity contribution in [3.8, 4) is 0 Å². The SMILES string of the molecule is CC(C)C(C)C(N)Cc1ccc(Br)cn1. The summed E-state index contributed by atoms with van der Waals surface area (Å²) in [6.45, 7) is 6.62. The molecular formula is C12H19BrN2. The van der Waals surface area contributed by atoms with Crippen LogP contribution in [0.5, 0.6) is 0 Å². The van der Waals surface area contributed by atoms with E-state index in [1.807, 2.05) is 18.3 Å². The van der Waals surface area contributed by atoms with E-state index >= 15 is 0 Å². The zero-order valence-electron chi connectivity index (χ0n) is 9.57. The number of hydrogen-bond donors (Lipinski definition) is 1. The van der Waals surface area contributed by atoms with Crippen LogP contribution in [0.15, 0.2) is 22.8 Å². The quantitative estimate of drug-likeness (QED) is 0.914. The first-order valence-corrected chi connectivity index (χ1v) is 6.16. The standard InChI is InChI=1S/C12H19BrN2/c1-8(2)9(3)12(14)6-11-5-4-10(13)7-15-11/h4-5,7-9,12H,6,14H2,1-3H3. The lowest BCUT2D eigenvalue weighted by atomic mass is 9.88. The molecule has 0 saturated carbocycles. The number of halogens is 1. The summed E-state index contributed by atoms with van der Waals surface area (Å²) < 4.78 is 1.01. The summed E-state index contributed by atoms with van der Waals surface area (Å²) in [6.07, 6.45) is 2.68. The Kier molecular flexibility index (Phi) is 4.74. The maximum Gasteiger partial charge on any atom is 0.0420 e. The molecule has 1 rings (SSSR count). The second-order valence-corrected chi connectivity index (χ2v) is 5.35. The minimum atomic E-state index is 0.193. The van der Waals surface area contributed by atoms with Gasteiger partial charge < -0.3 is 5.73 Å². The topological polar surface area (TPSA) is 38.9 Å². The van der Waals surface area contributed by atoms with Crippen molar-refractivity contribution in [2.45, 2.75) is 33.2 Å². The molecule has 1 heterocycles. The average Bonchev–Trinajstić information content (AvgIpc) is 2.20. The fraction of sp³-hybridized carbons (Fsp3) is 0.583. The molecule has 3 heteroatoms. The Morgan fingerprint density at radius 3 is 2.47 bits per heavy atom. The van der Waals surface area contributed by atoms with Crippen molar-refractivity contribution in [1.82, 2.24) is 4.98 Å². The van der Waals surface area contributed by atoms with Gasteiger partial charge in [-0.2, -0.15) is 0 Å². The van der Waals surface area contributed by atoms with Crippen LogP contribution < -0.4 is 5.73 Å². The molecule has 1 aromatic rings. The Bertz CT molecular complexity index is 295. The lowest BCUT2D eigenvalue weighted by Gasteiger charge is -2.22. The first-order valence-electron chi connectivity index (χ1n) is 5.36. The molecule has 0 saturated heterocycles. The molecule has 2 nitrogen and oxygen atoms in total. The third-order valence-corrected chi connectivity index (χ3v) is 3.43. The van der Waals surface area contributed by atoms with Crippen molar-refractivity contribution in [2.24, 2.45) is 17.6 Å². The van der Waals surface area contributed by atoms with Crippen LogP contribution in [0.1, 0.15) is 26.5 Å². The van der Waals surface area contributed by atoms with Gasteiger partial charge in [0.15, 0.2) is 0 Å². The van der Waals surface area contributed by atoms with E-state index in [4.69, 9.17) is 5.73 Å². The predicted octanol–water partition coefficient (Wildman–Crippen LogP) is 3.01. The molecule has 0 amide bonds. The molecular weight excluding hydrogens is 252 g/mol. The first kappa shape index (κ1) is 12.7. The van der Waals surface area contributed by atoms with Gasteiger partial charge in [-0.3, -0.25) is 4.98 Å². The number of nitrogens with two attached hydrogens (primary N) is 1. The molecule has 0 bridgehead atoms. The number of hydrogen-bond acceptors (Lipinski definition) is 2. The molecule has 0 aliphatic rings. The van der Waals surface area contributed by atoms with Gasteiger partial charge in [-0.25, -0.2) is 0 Å². The molecule has 0 aliphatic heterocycles. The highest BCUT2D eigenvalue weighted by Gasteiger charge is 2.16. The summed E-state index contributed by atoms with van der Waals surface area (Å²) in [4.78, 5) is 4.33. The lowest BCUT2D eigenvalue weighted by molar-refractivity contribution is 0.343. The van der Waals surface area contributed by atoms with E-state index in [1.54, 1.807) is 0 Å². The summed E-state index contributed by atoms with van der Waals surface area (Å²) in [6, 6.07) is 4.23. The number of rotatable bonds is 4. The number of pyridine rings is 1. The van der Waals surface area contributed by atoms with Crippen molar-refractivity contribution < 1.29 is 0 Å². The van der Waals surface area contributed by atoms with Gasteiger partial charge in [-0.15, -0.1) is 0 Å². The summed E-state index contributed by atoms with van der Waals surface area (Å²) in [7, 11) is 0. The summed E-state index contributed by atoms with van der Waals surface area (Å²) in [5, 5.41) is 0. The third kappa shape index (κ3) is 3.92. The summed E-state index contributed by atoms with van der Waals surface area (Å²) in [5.41, 5.74) is 7.20. The van der Waals surface area contributed by atoms with Gasteiger partial charge in [0.05, 0.1) is 0 Å². The Balaban J connectivity index is 2.58. The Morgan fingerprint density at radius 2 is 2.00 bits per heavy atom. The van der Waals surface area contributed by atoms with E-state index in [1.165, 1.54) is 0 Å². The van der Waals surface area contributed by atoms with E-state index in [-0.39, 0.29) is 6.04 Å². The highest BCUT2D eigenvalue weighted by Crippen LogP contribution is 2.16. The maximum absolute atomic E-state index is 6.14. The first-order chi connectivity index (χ1) is 7.00. The second-order valence-electron chi connectivity index (χ2n) is 4.44. The van der Waals surface area contributed by atoms with Gasteiger partial charge in [0.25, 0.3) is 0 Å². The zero-order valence-corrected chi connectivity index (χ0v) is 11.2. The third-order valence-electron chi connectivity index (χ3n) is 2.96. The summed E-state index contributed by atoms with van der Waals surface area (Å²) in [5.74, 6) is 1.14. The highest BCUT2D eigenvalue weighted by atomic mass is 79.9. The Morgan fingerprint density at radius 1 is 1.33 bits per heavy atom. The number of nitrogens with zero attached hydrogens (tertiary/aromatic N) is 1. The van der Waals surface area contributed by atoms with Crippen molar-refractivity contribution in [1.29, 1.82) is 0 Å². The number of aromatic nitrogens is 1. The lowest BCUT2D eigenvalue weighted by Crippen LogP contribution is -2.33. The molecule has 0 spiro atoms. The van der Waals surface area contributed by atoms with E-state index in [0.717, 1.165) is 16.6 Å². The normalized spacial score (nSPS) is 15.3. The fourth-order valence-electron chi connectivity index (χ4n) is 1.45. The molecule has 0 radical (unpaired) electrons. The van der Waals surface area contributed by atoms with Crippen molar-refractivity contribution in [3.63, 3.8) is 0 Å². The molecule has 0 aliphatic carbocycles. The van der Waals surface area contributed by atoms with Crippen molar-refractivity contribution >= 4 is 15.9 Å². The maximum atomic E-state index is 6.14. The van der Waals surface area contributed by atoms with Crippen molar-refractivity contribution in [2.75, 3.05) is 0 Å². The monoisotopic (exact) mass is 270 g/mol. The molecule has 2 atom stereocenters. The van der Waals surface area contributed by atoms with Crippen LogP contribution in [0.3, 0.4) is 0 Å². The van der Waals surface area contributed by atoms with Crippen LogP contribution in [0.25, 0.3) is 0 Å². The zero-order chi connectivity index (χ0) is 11.4. The largest absolute Gasteiger partial charge is 0.327 e. The van der Waals surface area contributed by atoms with Crippen LogP contribution >= 0.6 is 15.9 Å². The van der Waals surface area contributed by atoms with E-state index < -0.39 is 0 Å². The van der Waals surface area contributed by atoms with Gasteiger partial charge in [-0.1, -0.05) is 20.8 Å². The van der Waals surface area contributed by atoms with E-state index in [2.05, 4.69) is 41.7 Å². The molecule has 1 aromatic heterocycles. The van der Waals surface area contributed by atoms with Crippen LogP contribution in [0.4, 0.5) is 0 Å². The fourth-order valence-corrected chi connectivity index (χ4v) is 1.68. The minimum Gasteiger partial charge on any atom is -0.327 e. The molecule has 84 valence electrons. The van der Waals surface area contributed by atoms with Gasteiger partial charge in [-0.05, 0) is 39.9 Å². The molecule has 2 unspecified atom stereocenters. The second kappa shape index (κ2) is 5.61. The predicted molar refractivity (Wildman–Crippen MR) is 67.6 cm³/mol. The van der Waals surface area contributed by atoms with Crippen LogP contribution in [0, 0.1) is 11.8 Å². The van der Waals surface area contributed by atoms with Crippen molar-refractivity contribution in [3.05, 3.63) is 28.5 Å². The minimum absolute atomic E-state index is 0.193. The van der Waals surface area contributed by atoms with Crippen LogP contribution in [0.2, 0.25) is 0 Å². The van der Waals surface area contributed by atoms with Gasteiger partial charge in [0, 0.05) is 28.8 Å². The molecule has 2 N–H and O–H groups in total. The smallest absolute Gasteiger partial charge is 0.0420 e. The van der Waals surface area contributed by atoms with Crippen LogP contribution in [-0.2, 0) is 6.42 Å². The van der Waals surface area contributed by atoms with Gasteiger partial charge in [0.2, 0.25) is 0 Å². The van der Waals surface area contributed by atoms with E-state index in [0.29, 0.717) is 11.8 Å². The average molecular weight is 271 g/mol. The Hall–Kier alpha value is -0.410. The highest BCUT2D eigenvalue weighted by molar-refractivity contribution is 9.10. The molecule has 15 heavy (non-hydrogen) atoms. The van der Waals surface area contributed by atoms with E-state index in [9.17, 15) is 0 Å². The molecule has 0 fully saturated rings. The summed E-state index contributed by atoms with van der Waals surface area (Å²) >= 11 is 3.37. The van der Waals surface area contributed by atoms with Gasteiger partial charge in [0.1, 0.15) is 0 Å². The van der Waals surface area contributed by atoms with Crippen LogP contribution in [-0.4, -0.2) is 11.0 Å².